The molecular formula is C21H27N5O. The van der Waals surface area contributed by atoms with E-state index in [2.05, 4.69) is 37.7 Å². The molecule has 0 radical (unpaired) electrons. The topological polar surface area (TPSA) is 78.6 Å². The molecule has 3 aromatic heterocycles. The third kappa shape index (κ3) is 3.51. The molecule has 0 atom stereocenters. The molecule has 6 heteroatoms. The Labute approximate surface area is 159 Å². The van der Waals surface area contributed by atoms with E-state index < -0.39 is 0 Å². The van der Waals surface area contributed by atoms with Gasteiger partial charge in [0.2, 0.25) is 0 Å². The molecule has 1 saturated carbocycles. The van der Waals surface area contributed by atoms with E-state index >= 15 is 0 Å². The minimum absolute atomic E-state index is 0.613. The van der Waals surface area contributed by atoms with Gasteiger partial charge in [-0.1, -0.05) is 0 Å². The van der Waals surface area contributed by atoms with Crippen LogP contribution in [-0.4, -0.2) is 45.5 Å². The predicted molar refractivity (Wildman–Crippen MR) is 106 cm³/mol. The van der Waals surface area contributed by atoms with E-state index in [1.54, 1.807) is 0 Å². The zero-order chi connectivity index (χ0) is 18.1. The fourth-order valence-corrected chi connectivity index (χ4v) is 4.67. The zero-order valence-corrected chi connectivity index (χ0v) is 15.6. The van der Waals surface area contributed by atoms with Crippen molar-refractivity contribution in [1.29, 1.82) is 0 Å². The van der Waals surface area contributed by atoms with Gasteiger partial charge in [0.15, 0.2) is 0 Å². The minimum Gasteiger partial charge on any atom is -0.381 e. The first-order valence-corrected chi connectivity index (χ1v) is 10.2. The van der Waals surface area contributed by atoms with Crippen molar-refractivity contribution in [3.05, 3.63) is 36.4 Å². The van der Waals surface area contributed by atoms with Crippen molar-refractivity contribution in [2.45, 2.75) is 56.5 Å². The smallest absolute Gasteiger partial charge is 0.137 e. The van der Waals surface area contributed by atoms with Crippen molar-refractivity contribution < 1.29 is 4.74 Å². The molecule has 0 amide bonds. The molecule has 2 fully saturated rings. The van der Waals surface area contributed by atoms with Gasteiger partial charge in [0.05, 0.1) is 6.20 Å². The average Bonchev–Trinajstić information content (AvgIpc) is 3.38. The molecule has 3 N–H and O–H groups in total. The minimum atomic E-state index is 0.613. The second-order valence-electron chi connectivity index (χ2n) is 7.96. The lowest BCUT2D eigenvalue weighted by Gasteiger charge is -2.33. The summed E-state index contributed by atoms with van der Waals surface area (Å²) in [5.74, 6) is 0.613. The third-order valence-corrected chi connectivity index (χ3v) is 6.25. The van der Waals surface area contributed by atoms with Crippen LogP contribution >= 0.6 is 0 Å². The molecule has 0 bridgehead atoms. The molecule has 142 valence electrons. The number of ether oxygens (including phenoxy) is 1. The summed E-state index contributed by atoms with van der Waals surface area (Å²) in [6.45, 7) is 1.82. The highest BCUT2D eigenvalue weighted by Gasteiger charge is 2.25. The molecule has 4 heterocycles. The number of nitrogens with zero attached hydrogens (tertiary/aromatic N) is 2. The van der Waals surface area contributed by atoms with Crippen molar-refractivity contribution in [1.82, 2.24) is 25.5 Å². The number of H-pyrrole nitrogens is 2. The van der Waals surface area contributed by atoms with Gasteiger partial charge in [0.25, 0.3) is 0 Å². The molecule has 6 nitrogen and oxygen atoms in total. The van der Waals surface area contributed by atoms with Crippen molar-refractivity contribution in [3.8, 4) is 11.1 Å². The Hall–Kier alpha value is -2.18. The summed E-state index contributed by atoms with van der Waals surface area (Å²) >= 11 is 0. The number of rotatable bonds is 4. The fourth-order valence-electron chi connectivity index (χ4n) is 4.67. The summed E-state index contributed by atoms with van der Waals surface area (Å²) in [5.41, 5.74) is 4.59. The number of nitrogens with one attached hydrogen (secondary N) is 3. The molecule has 5 rings (SSSR count). The van der Waals surface area contributed by atoms with E-state index in [9.17, 15) is 0 Å². The van der Waals surface area contributed by atoms with Gasteiger partial charge in [-0.05, 0) is 56.1 Å². The van der Waals surface area contributed by atoms with Crippen LogP contribution < -0.4 is 5.32 Å². The number of aromatic nitrogens is 4. The van der Waals surface area contributed by atoms with Crippen molar-refractivity contribution in [2.24, 2.45) is 0 Å². The molecule has 1 aliphatic carbocycles. The Balaban J connectivity index is 1.28. The molecule has 3 aromatic rings. The molecule has 2 aliphatic rings. The van der Waals surface area contributed by atoms with E-state index in [1.165, 1.54) is 42.2 Å². The molecule has 0 spiro atoms. The van der Waals surface area contributed by atoms with Crippen LogP contribution in [-0.2, 0) is 4.74 Å². The van der Waals surface area contributed by atoms with Crippen molar-refractivity contribution in [3.63, 3.8) is 0 Å². The monoisotopic (exact) mass is 365 g/mol. The van der Waals surface area contributed by atoms with Crippen molar-refractivity contribution in [2.75, 3.05) is 13.2 Å². The standard InChI is InChI=1S/C21H27N5O/c1-3-17(26-18-5-7-27-8-6-18)4-2-14(1)15-9-19-20(16-11-24-25-12-16)13-23-21(19)22-10-15/h9-14,17-18,26H,1-8H2,(H,22,23)(H,24,25). The van der Waals surface area contributed by atoms with Gasteiger partial charge in [0, 0.05) is 60.4 Å². The van der Waals surface area contributed by atoms with Gasteiger partial charge < -0.3 is 15.0 Å². The van der Waals surface area contributed by atoms with Gasteiger partial charge in [-0.2, -0.15) is 5.10 Å². The highest BCUT2D eigenvalue weighted by atomic mass is 16.5. The van der Waals surface area contributed by atoms with Crippen LogP contribution in [0.2, 0.25) is 0 Å². The highest BCUT2D eigenvalue weighted by Crippen LogP contribution is 2.36. The molecule has 0 aromatic carbocycles. The van der Waals surface area contributed by atoms with E-state index in [0.717, 1.165) is 37.3 Å². The Morgan fingerprint density at radius 2 is 1.78 bits per heavy atom. The SMILES string of the molecule is c1n[nH]cc1-c1c[nH]c2ncc(C3CCC(NC4CCOCC4)CC3)cc12. The summed E-state index contributed by atoms with van der Waals surface area (Å²) in [5, 5.41) is 12.0. The molecular weight excluding hydrogens is 338 g/mol. The third-order valence-electron chi connectivity index (χ3n) is 6.25. The fraction of sp³-hybridized carbons (Fsp3) is 0.524. The highest BCUT2D eigenvalue weighted by molar-refractivity contribution is 5.93. The van der Waals surface area contributed by atoms with E-state index in [1.807, 2.05) is 18.6 Å². The summed E-state index contributed by atoms with van der Waals surface area (Å²) in [7, 11) is 0. The first kappa shape index (κ1) is 17.0. The average molecular weight is 365 g/mol. The van der Waals surface area contributed by atoms with Gasteiger partial charge in [0.1, 0.15) is 5.65 Å². The number of pyridine rings is 1. The number of hydrogen-bond donors (Lipinski definition) is 3. The molecule has 27 heavy (non-hydrogen) atoms. The van der Waals surface area contributed by atoms with E-state index in [0.29, 0.717) is 18.0 Å². The van der Waals surface area contributed by atoms with Crippen LogP contribution in [0.1, 0.15) is 50.0 Å². The Morgan fingerprint density at radius 3 is 2.56 bits per heavy atom. The van der Waals surface area contributed by atoms with Gasteiger partial charge in [-0.15, -0.1) is 0 Å². The van der Waals surface area contributed by atoms with Gasteiger partial charge >= 0.3 is 0 Å². The van der Waals surface area contributed by atoms with Gasteiger partial charge in [-0.3, -0.25) is 5.10 Å². The van der Waals surface area contributed by atoms with Crippen LogP contribution in [0, 0.1) is 0 Å². The maximum Gasteiger partial charge on any atom is 0.137 e. The quantitative estimate of drug-likeness (QED) is 0.658. The maximum absolute atomic E-state index is 5.47. The lowest BCUT2D eigenvalue weighted by atomic mass is 9.81. The maximum atomic E-state index is 5.47. The summed E-state index contributed by atoms with van der Waals surface area (Å²) in [6.07, 6.45) is 15.2. The second-order valence-corrected chi connectivity index (χ2v) is 7.96. The Morgan fingerprint density at radius 1 is 0.963 bits per heavy atom. The van der Waals surface area contributed by atoms with E-state index in [-0.39, 0.29) is 0 Å². The van der Waals surface area contributed by atoms with Crippen LogP contribution in [0.4, 0.5) is 0 Å². The molecule has 1 aliphatic heterocycles. The second kappa shape index (κ2) is 7.44. The van der Waals surface area contributed by atoms with Crippen LogP contribution in [0.15, 0.2) is 30.9 Å². The number of aromatic amines is 2. The lowest BCUT2D eigenvalue weighted by Crippen LogP contribution is -2.43. The number of hydrogen-bond acceptors (Lipinski definition) is 4. The lowest BCUT2D eigenvalue weighted by molar-refractivity contribution is 0.0729. The largest absolute Gasteiger partial charge is 0.381 e. The first-order valence-electron chi connectivity index (χ1n) is 10.2. The first-order chi connectivity index (χ1) is 13.4. The summed E-state index contributed by atoms with van der Waals surface area (Å²) < 4.78 is 5.47. The normalized spacial score (nSPS) is 24.4. The summed E-state index contributed by atoms with van der Waals surface area (Å²) in [6, 6.07) is 3.64. The van der Waals surface area contributed by atoms with Crippen LogP contribution in [0.5, 0.6) is 0 Å². The number of fused-ring (bicyclic) bond motifs is 1. The molecule has 1 saturated heterocycles. The predicted octanol–water partition coefficient (Wildman–Crippen LogP) is 3.75. The van der Waals surface area contributed by atoms with Crippen LogP contribution in [0.3, 0.4) is 0 Å². The Kier molecular flexibility index (Phi) is 4.67. The van der Waals surface area contributed by atoms with Crippen molar-refractivity contribution >= 4 is 11.0 Å². The zero-order valence-electron chi connectivity index (χ0n) is 15.6. The molecule has 0 unspecified atom stereocenters. The van der Waals surface area contributed by atoms with E-state index in [4.69, 9.17) is 4.74 Å². The van der Waals surface area contributed by atoms with Gasteiger partial charge in [-0.25, -0.2) is 4.98 Å². The van der Waals surface area contributed by atoms with Crippen LogP contribution in [0.25, 0.3) is 22.2 Å². The Bertz CT molecular complexity index is 873. The summed E-state index contributed by atoms with van der Waals surface area (Å²) in [4.78, 5) is 7.97.